The molecule has 0 saturated carbocycles. The summed E-state index contributed by atoms with van der Waals surface area (Å²) >= 11 is 6.24. The van der Waals surface area contributed by atoms with Crippen LogP contribution in [0.4, 0.5) is 5.82 Å². The van der Waals surface area contributed by atoms with Gasteiger partial charge in [0.15, 0.2) is 0 Å². The fourth-order valence-corrected chi connectivity index (χ4v) is 3.40. The number of halogens is 1. The number of aromatic nitrogens is 3. The first-order valence-corrected chi connectivity index (χ1v) is 8.54. The van der Waals surface area contributed by atoms with Gasteiger partial charge in [-0.05, 0) is 30.2 Å². The molecule has 0 bridgehead atoms. The number of pyridine rings is 1. The molecule has 124 valence electrons. The zero-order valence-electron chi connectivity index (χ0n) is 13.3. The van der Waals surface area contributed by atoms with E-state index in [1.54, 1.807) is 0 Å². The van der Waals surface area contributed by atoms with Crippen LogP contribution in [0.1, 0.15) is 12.0 Å². The summed E-state index contributed by atoms with van der Waals surface area (Å²) in [6.07, 6.45) is 4.73. The largest absolute Gasteiger partial charge is 0.381 e. The second kappa shape index (κ2) is 6.79. The zero-order valence-corrected chi connectivity index (χ0v) is 14.0. The molecule has 0 unspecified atom stereocenters. The number of nitrogens with zero attached hydrogens (tertiary/aromatic N) is 3. The monoisotopic (exact) mass is 342 g/mol. The Hall–Kier alpha value is -2.11. The van der Waals surface area contributed by atoms with Gasteiger partial charge in [0, 0.05) is 48.3 Å². The Morgan fingerprint density at radius 2 is 2.25 bits per heavy atom. The Kier molecular flexibility index (Phi) is 4.36. The van der Waals surface area contributed by atoms with Crippen LogP contribution in [-0.2, 0) is 17.8 Å². The minimum Gasteiger partial charge on any atom is -0.381 e. The molecule has 0 aliphatic carbocycles. The number of ether oxygens (including phenoxy) is 1. The molecular formula is C18H19ClN4O. The molecule has 0 spiro atoms. The van der Waals surface area contributed by atoms with Gasteiger partial charge < -0.3 is 10.1 Å². The standard InChI is InChI=1S/C18H19ClN4O/c19-16-8-14-2-1-5-20-18(14)15(9-16)10-21-17-3-6-22-23(17)11-13-4-7-24-12-13/h1-3,5-6,8-9,13,21H,4,7,10-12H2/t13-/m0/s1. The summed E-state index contributed by atoms with van der Waals surface area (Å²) in [5.41, 5.74) is 2.06. The lowest BCUT2D eigenvalue weighted by molar-refractivity contribution is 0.181. The Bertz CT molecular complexity index is 842. The van der Waals surface area contributed by atoms with Crippen LogP contribution in [0.5, 0.6) is 0 Å². The molecule has 1 aromatic carbocycles. The number of hydrogen-bond donors (Lipinski definition) is 1. The predicted molar refractivity (Wildman–Crippen MR) is 95.2 cm³/mol. The third-order valence-corrected chi connectivity index (χ3v) is 4.60. The fourth-order valence-electron chi connectivity index (χ4n) is 3.15. The molecule has 1 aliphatic rings. The molecule has 3 heterocycles. The molecule has 2 aromatic heterocycles. The van der Waals surface area contributed by atoms with Gasteiger partial charge in [0.2, 0.25) is 0 Å². The highest BCUT2D eigenvalue weighted by Gasteiger charge is 2.17. The van der Waals surface area contributed by atoms with Crippen molar-refractivity contribution in [3.05, 3.63) is 53.3 Å². The maximum absolute atomic E-state index is 6.24. The lowest BCUT2D eigenvalue weighted by atomic mass is 10.1. The van der Waals surface area contributed by atoms with Crippen molar-refractivity contribution in [1.29, 1.82) is 0 Å². The average molecular weight is 343 g/mol. The maximum Gasteiger partial charge on any atom is 0.124 e. The van der Waals surface area contributed by atoms with E-state index in [1.807, 2.05) is 47.4 Å². The maximum atomic E-state index is 6.24. The third-order valence-electron chi connectivity index (χ3n) is 4.38. The first-order valence-electron chi connectivity index (χ1n) is 8.16. The highest BCUT2D eigenvalue weighted by atomic mass is 35.5. The van der Waals surface area contributed by atoms with Crippen LogP contribution < -0.4 is 5.32 Å². The van der Waals surface area contributed by atoms with E-state index < -0.39 is 0 Å². The fraction of sp³-hybridized carbons (Fsp3) is 0.333. The first kappa shape index (κ1) is 15.4. The molecule has 5 nitrogen and oxygen atoms in total. The Balaban J connectivity index is 1.52. The molecule has 0 amide bonds. The van der Waals surface area contributed by atoms with Crippen molar-refractivity contribution in [2.24, 2.45) is 5.92 Å². The normalized spacial score (nSPS) is 17.5. The summed E-state index contributed by atoms with van der Waals surface area (Å²) < 4.78 is 7.47. The molecule has 3 aromatic rings. The van der Waals surface area contributed by atoms with Gasteiger partial charge in [-0.2, -0.15) is 5.10 Å². The van der Waals surface area contributed by atoms with Crippen LogP contribution in [0.25, 0.3) is 10.9 Å². The van der Waals surface area contributed by atoms with Gasteiger partial charge in [-0.25, -0.2) is 4.68 Å². The Morgan fingerprint density at radius 3 is 3.12 bits per heavy atom. The quantitative estimate of drug-likeness (QED) is 0.767. The van der Waals surface area contributed by atoms with Crippen molar-refractivity contribution in [1.82, 2.24) is 14.8 Å². The minimum absolute atomic E-state index is 0.541. The van der Waals surface area contributed by atoms with Crippen molar-refractivity contribution in [3.8, 4) is 0 Å². The van der Waals surface area contributed by atoms with Crippen LogP contribution in [0.3, 0.4) is 0 Å². The van der Waals surface area contributed by atoms with Crippen LogP contribution in [0.2, 0.25) is 5.02 Å². The molecule has 1 aliphatic heterocycles. The highest BCUT2D eigenvalue weighted by molar-refractivity contribution is 6.31. The molecule has 4 rings (SSSR count). The minimum atomic E-state index is 0.541. The number of anilines is 1. The Morgan fingerprint density at radius 1 is 1.29 bits per heavy atom. The summed E-state index contributed by atoms with van der Waals surface area (Å²) in [5.74, 6) is 1.55. The van der Waals surface area contributed by atoms with E-state index in [4.69, 9.17) is 16.3 Å². The molecule has 1 N–H and O–H groups in total. The second-order valence-corrected chi connectivity index (χ2v) is 6.56. The van der Waals surface area contributed by atoms with E-state index >= 15 is 0 Å². The van der Waals surface area contributed by atoms with E-state index in [1.165, 1.54) is 0 Å². The van der Waals surface area contributed by atoms with Crippen molar-refractivity contribution in [2.75, 3.05) is 18.5 Å². The van der Waals surface area contributed by atoms with Crippen LogP contribution in [0.15, 0.2) is 42.7 Å². The number of rotatable bonds is 5. The van der Waals surface area contributed by atoms with Gasteiger partial charge >= 0.3 is 0 Å². The summed E-state index contributed by atoms with van der Waals surface area (Å²) in [5, 5.41) is 9.67. The SMILES string of the molecule is Clc1cc(CNc2ccnn2C[C@@H]2CCOC2)c2ncccc2c1. The summed E-state index contributed by atoms with van der Waals surface area (Å²) in [4.78, 5) is 4.49. The zero-order chi connectivity index (χ0) is 16.4. The van der Waals surface area contributed by atoms with Gasteiger partial charge in [-0.3, -0.25) is 4.98 Å². The van der Waals surface area contributed by atoms with Crippen molar-refractivity contribution in [3.63, 3.8) is 0 Å². The molecule has 1 fully saturated rings. The van der Waals surface area contributed by atoms with Gasteiger partial charge in [0.05, 0.1) is 18.3 Å². The van der Waals surface area contributed by atoms with E-state index in [-0.39, 0.29) is 0 Å². The molecule has 1 atom stereocenters. The summed E-state index contributed by atoms with van der Waals surface area (Å²) in [6.45, 7) is 3.21. The molecule has 6 heteroatoms. The van der Waals surface area contributed by atoms with Gasteiger partial charge in [-0.1, -0.05) is 17.7 Å². The van der Waals surface area contributed by atoms with Crippen LogP contribution in [-0.4, -0.2) is 28.0 Å². The van der Waals surface area contributed by atoms with Crippen LogP contribution >= 0.6 is 11.6 Å². The van der Waals surface area contributed by atoms with Gasteiger partial charge in [0.25, 0.3) is 0 Å². The predicted octanol–water partition coefficient (Wildman–Crippen LogP) is 3.73. The molecule has 1 saturated heterocycles. The van der Waals surface area contributed by atoms with Crippen LogP contribution in [0, 0.1) is 5.92 Å². The molecule has 24 heavy (non-hydrogen) atoms. The topological polar surface area (TPSA) is 52.0 Å². The number of nitrogens with one attached hydrogen (secondary N) is 1. The lowest BCUT2D eigenvalue weighted by Crippen LogP contribution is -2.15. The highest BCUT2D eigenvalue weighted by Crippen LogP contribution is 2.23. The first-order chi connectivity index (χ1) is 11.8. The molecular weight excluding hydrogens is 324 g/mol. The third kappa shape index (κ3) is 3.23. The van der Waals surface area contributed by atoms with E-state index in [0.717, 1.165) is 53.5 Å². The van der Waals surface area contributed by atoms with Crippen molar-refractivity contribution in [2.45, 2.75) is 19.5 Å². The second-order valence-electron chi connectivity index (χ2n) is 6.12. The average Bonchev–Trinajstić information content (AvgIpc) is 3.25. The van der Waals surface area contributed by atoms with Gasteiger partial charge in [-0.15, -0.1) is 0 Å². The number of hydrogen-bond acceptors (Lipinski definition) is 4. The van der Waals surface area contributed by atoms with E-state index in [0.29, 0.717) is 12.5 Å². The lowest BCUT2D eigenvalue weighted by Gasteiger charge is -2.14. The van der Waals surface area contributed by atoms with E-state index in [2.05, 4.69) is 15.4 Å². The summed E-state index contributed by atoms with van der Waals surface area (Å²) in [6, 6.07) is 9.86. The smallest absolute Gasteiger partial charge is 0.124 e. The van der Waals surface area contributed by atoms with Crippen molar-refractivity contribution < 1.29 is 4.74 Å². The van der Waals surface area contributed by atoms with Gasteiger partial charge in [0.1, 0.15) is 5.82 Å². The number of fused-ring (bicyclic) bond motifs is 1. The number of benzene rings is 1. The van der Waals surface area contributed by atoms with Crippen molar-refractivity contribution >= 4 is 28.3 Å². The Labute approximate surface area is 145 Å². The van der Waals surface area contributed by atoms with E-state index in [9.17, 15) is 0 Å². The molecule has 0 radical (unpaired) electrons. The summed E-state index contributed by atoms with van der Waals surface area (Å²) in [7, 11) is 0.